The summed E-state index contributed by atoms with van der Waals surface area (Å²) in [5.41, 5.74) is 2.52. The number of hydrogen-bond donors (Lipinski definition) is 1. The summed E-state index contributed by atoms with van der Waals surface area (Å²) in [4.78, 5) is 12.0. The van der Waals surface area contributed by atoms with Crippen LogP contribution in [0.4, 0.5) is 0 Å². The van der Waals surface area contributed by atoms with Gasteiger partial charge in [0.1, 0.15) is 6.54 Å². The summed E-state index contributed by atoms with van der Waals surface area (Å²) in [6.45, 7) is 10.9. The van der Waals surface area contributed by atoms with Crippen LogP contribution in [0.1, 0.15) is 29.8 Å². The molecule has 0 aliphatic rings. The van der Waals surface area contributed by atoms with Crippen molar-refractivity contribution in [1.82, 2.24) is 0 Å². The van der Waals surface area contributed by atoms with Crippen molar-refractivity contribution in [2.45, 2.75) is 20.4 Å². The molecule has 0 radical (unpaired) electrons. The number of quaternary nitrogens is 1. The van der Waals surface area contributed by atoms with E-state index in [0.717, 1.165) is 30.8 Å². The van der Waals surface area contributed by atoms with Crippen LogP contribution in [0, 0.1) is 0 Å². The minimum atomic E-state index is -1.13. The Balaban J connectivity index is 2.67. The van der Waals surface area contributed by atoms with Gasteiger partial charge in [0.25, 0.3) is 0 Å². The van der Waals surface area contributed by atoms with E-state index in [2.05, 4.69) is 13.5 Å². The molecule has 1 aromatic rings. The second-order valence-electron chi connectivity index (χ2n) is 4.40. The second-order valence-corrected chi connectivity index (χ2v) is 4.40. The van der Waals surface area contributed by atoms with Gasteiger partial charge in [0.05, 0.1) is 19.1 Å². The van der Waals surface area contributed by atoms with Crippen LogP contribution in [0.5, 0.6) is 0 Å². The zero-order valence-electron chi connectivity index (χ0n) is 10.5. The predicted octanol–water partition coefficient (Wildman–Crippen LogP) is 0.0310. The SMILES string of the molecule is C=C(C)C[NH+](CC)Cc1ccc(C(=O)[O-])cc1. The van der Waals surface area contributed by atoms with Gasteiger partial charge >= 0.3 is 0 Å². The largest absolute Gasteiger partial charge is 0.545 e. The molecule has 1 N–H and O–H groups in total. The number of carbonyl (C=O) groups is 1. The molecule has 0 amide bonds. The molecule has 0 aliphatic heterocycles. The highest BCUT2D eigenvalue weighted by Crippen LogP contribution is 2.02. The average molecular weight is 233 g/mol. The van der Waals surface area contributed by atoms with Crippen molar-refractivity contribution < 1.29 is 14.8 Å². The molecule has 0 fully saturated rings. The molecule has 0 aromatic heterocycles. The summed E-state index contributed by atoms with van der Waals surface area (Å²) < 4.78 is 0. The second kappa shape index (κ2) is 6.21. The van der Waals surface area contributed by atoms with E-state index >= 15 is 0 Å². The molecule has 3 nitrogen and oxygen atoms in total. The highest BCUT2D eigenvalue weighted by molar-refractivity contribution is 5.85. The van der Waals surface area contributed by atoms with E-state index in [1.807, 2.05) is 19.1 Å². The zero-order valence-corrected chi connectivity index (χ0v) is 10.5. The smallest absolute Gasteiger partial charge is 0.103 e. The zero-order chi connectivity index (χ0) is 12.8. The quantitative estimate of drug-likeness (QED) is 0.705. The van der Waals surface area contributed by atoms with Gasteiger partial charge in [-0.3, -0.25) is 0 Å². The monoisotopic (exact) mass is 233 g/mol. The number of likely N-dealkylation sites (N-methyl/N-ethyl adjacent to an activating group) is 1. The number of benzene rings is 1. The Kier molecular flexibility index (Phi) is 4.91. The van der Waals surface area contributed by atoms with E-state index in [0.29, 0.717) is 0 Å². The highest BCUT2D eigenvalue weighted by Gasteiger charge is 2.07. The molecule has 0 bridgehead atoms. The molecule has 1 aromatic carbocycles. The van der Waals surface area contributed by atoms with Crippen molar-refractivity contribution in [3.63, 3.8) is 0 Å². The third-order valence-corrected chi connectivity index (χ3v) is 2.70. The topological polar surface area (TPSA) is 44.6 Å². The summed E-state index contributed by atoms with van der Waals surface area (Å²) in [7, 11) is 0. The standard InChI is InChI=1S/C14H19NO2/c1-4-15(9-11(2)3)10-12-5-7-13(8-6-12)14(16)17/h5-8H,2,4,9-10H2,1,3H3,(H,16,17). The molecule has 1 atom stereocenters. The Labute approximate surface area is 102 Å². The number of carboxylic acid groups (broad SMARTS) is 1. The number of nitrogens with one attached hydrogen (secondary N) is 1. The van der Waals surface area contributed by atoms with Crippen LogP contribution in [0.2, 0.25) is 0 Å². The van der Waals surface area contributed by atoms with Gasteiger partial charge in [-0.1, -0.05) is 30.8 Å². The van der Waals surface area contributed by atoms with Gasteiger partial charge in [-0.05, 0) is 25.0 Å². The number of carboxylic acids is 1. The molecule has 1 unspecified atom stereocenters. The maximum absolute atomic E-state index is 10.6. The summed E-state index contributed by atoms with van der Waals surface area (Å²) in [5.74, 6) is -1.13. The van der Waals surface area contributed by atoms with Crippen LogP contribution in [0.25, 0.3) is 0 Å². The minimum Gasteiger partial charge on any atom is -0.545 e. The maximum Gasteiger partial charge on any atom is 0.103 e. The lowest BCUT2D eigenvalue weighted by Gasteiger charge is -2.17. The molecule has 3 heteroatoms. The Morgan fingerprint density at radius 3 is 2.35 bits per heavy atom. The third kappa shape index (κ3) is 4.41. The van der Waals surface area contributed by atoms with Crippen molar-refractivity contribution in [2.24, 2.45) is 0 Å². The Hall–Kier alpha value is -1.61. The molecule has 0 spiro atoms. The van der Waals surface area contributed by atoms with Crippen LogP contribution in [0.3, 0.4) is 0 Å². The lowest BCUT2D eigenvalue weighted by molar-refractivity contribution is -0.907. The van der Waals surface area contributed by atoms with E-state index in [4.69, 9.17) is 0 Å². The number of aromatic carboxylic acids is 1. The molecule has 0 heterocycles. The molecule has 0 saturated heterocycles. The lowest BCUT2D eigenvalue weighted by Crippen LogP contribution is -3.10. The van der Waals surface area contributed by atoms with Crippen LogP contribution >= 0.6 is 0 Å². The molecule has 1 rings (SSSR count). The van der Waals surface area contributed by atoms with Crippen LogP contribution in [0.15, 0.2) is 36.4 Å². The van der Waals surface area contributed by atoms with E-state index in [1.165, 1.54) is 4.90 Å². The van der Waals surface area contributed by atoms with Gasteiger partial charge in [0.2, 0.25) is 0 Å². The first-order valence-electron chi connectivity index (χ1n) is 5.81. The summed E-state index contributed by atoms with van der Waals surface area (Å²) in [5, 5.41) is 10.6. The summed E-state index contributed by atoms with van der Waals surface area (Å²) >= 11 is 0. The van der Waals surface area contributed by atoms with Crippen molar-refractivity contribution in [1.29, 1.82) is 0 Å². The van der Waals surface area contributed by atoms with Gasteiger partial charge in [0, 0.05) is 5.56 Å². The van der Waals surface area contributed by atoms with Crippen LogP contribution in [-0.2, 0) is 6.54 Å². The van der Waals surface area contributed by atoms with Crippen molar-refractivity contribution in [3.05, 3.63) is 47.5 Å². The predicted molar refractivity (Wildman–Crippen MR) is 65.7 cm³/mol. The van der Waals surface area contributed by atoms with E-state index in [9.17, 15) is 9.90 Å². The summed E-state index contributed by atoms with van der Waals surface area (Å²) in [6, 6.07) is 6.88. The van der Waals surface area contributed by atoms with Crippen molar-refractivity contribution in [3.8, 4) is 0 Å². The highest BCUT2D eigenvalue weighted by atomic mass is 16.4. The molecular weight excluding hydrogens is 214 g/mol. The summed E-state index contributed by atoms with van der Waals surface area (Å²) in [6.07, 6.45) is 0. The van der Waals surface area contributed by atoms with E-state index in [1.54, 1.807) is 12.1 Å². The molecule has 92 valence electrons. The van der Waals surface area contributed by atoms with Gasteiger partial charge in [-0.15, -0.1) is 0 Å². The van der Waals surface area contributed by atoms with Crippen molar-refractivity contribution >= 4 is 5.97 Å². The fourth-order valence-corrected chi connectivity index (χ4v) is 1.79. The van der Waals surface area contributed by atoms with Gasteiger partial charge in [-0.25, -0.2) is 0 Å². The van der Waals surface area contributed by atoms with Gasteiger partial charge in [0.15, 0.2) is 0 Å². The molecule has 17 heavy (non-hydrogen) atoms. The van der Waals surface area contributed by atoms with E-state index in [-0.39, 0.29) is 5.56 Å². The van der Waals surface area contributed by atoms with Crippen LogP contribution in [-0.4, -0.2) is 19.1 Å². The van der Waals surface area contributed by atoms with Gasteiger partial charge < -0.3 is 14.8 Å². The first-order valence-corrected chi connectivity index (χ1v) is 5.81. The minimum absolute atomic E-state index is 0.228. The Morgan fingerprint density at radius 1 is 1.35 bits per heavy atom. The normalized spacial score (nSPS) is 12.1. The van der Waals surface area contributed by atoms with Crippen molar-refractivity contribution in [2.75, 3.05) is 13.1 Å². The molecular formula is C14H19NO2. The average Bonchev–Trinajstić information content (AvgIpc) is 2.28. The Morgan fingerprint density at radius 2 is 1.94 bits per heavy atom. The number of carbonyl (C=O) groups excluding carboxylic acids is 1. The fourth-order valence-electron chi connectivity index (χ4n) is 1.79. The fraction of sp³-hybridized carbons (Fsp3) is 0.357. The first kappa shape index (κ1) is 13.5. The van der Waals surface area contributed by atoms with Crippen LogP contribution < -0.4 is 10.0 Å². The number of rotatable bonds is 6. The first-order chi connectivity index (χ1) is 8.02. The lowest BCUT2D eigenvalue weighted by atomic mass is 10.1. The third-order valence-electron chi connectivity index (χ3n) is 2.70. The molecule has 0 saturated carbocycles. The molecule has 0 aliphatic carbocycles. The van der Waals surface area contributed by atoms with Gasteiger partial charge in [-0.2, -0.15) is 0 Å². The maximum atomic E-state index is 10.6. The van der Waals surface area contributed by atoms with E-state index < -0.39 is 5.97 Å². The number of hydrogen-bond acceptors (Lipinski definition) is 2. The Bertz CT molecular complexity index is 395.